The Morgan fingerprint density at radius 2 is 2.25 bits per heavy atom. The van der Waals surface area contributed by atoms with Gasteiger partial charge in [-0.3, -0.25) is 4.72 Å². The number of hydrogen-bond acceptors (Lipinski definition) is 6. The van der Waals surface area contributed by atoms with Crippen LogP contribution in [0.4, 0.5) is 5.82 Å². The first-order valence-corrected chi connectivity index (χ1v) is 6.35. The van der Waals surface area contributed by atoms with Gasteiger partial charge in [-0.1, -0.05) is 5.16 Å². The zero-order valence-electron chi connectivity index (χ0n) is 7.75. The van der Waals surface area contributed by atoms with Crippen molar-refractivity contribution in [2.24, 2.45) is 0 Å². The van der Waals surface area contributed by atoms with Crippen molar-refractivity contribution in [2.45, 2.75) is 4.21 Å². The molecule has 0 spiro atoms. The second-order valence-electron chi connectivity index (χ2n) is 2.72. The van der Waals surface area contributed by atoms with E-state index >= 15 is 0 Å². The molecule has 8 heteroatoms. The second-order valence-corrected chi connectivity index (χ2v) is 5.71. The molecule has 0 aliphatic heterocycles. The second kappa shape index (κ2) is 3.96. The highest BCUT2D eigenvalue weighted by atomic mass is 32.2. The van der Waals surface area contributed by atoms with Crippen LogP contribution in [0.3, 0.4) is 0 Å². The first kappa shape index (κ1) is 10.7. The van der Waals surface area contributed by atoms with Gasteiger partial charge < -0.3 is 4.52 Å². The van der Waals surface area contributed by atoms with Gasteiger partial charge in [0, 0.05) is 6.07 Å². The normalized spacial score (nSPS) is 10.9. The fourth-order valence-corrected chi connectivity index (χ4v) is 3.07. The number of thiophene rings is 1. The number of nitrogens with zero attached hydrogens (tertiary/aromatic N) is 2. The molecule has 1 N–H and O–H groups in total. The van der Waals surface area contributed by atoms with Crippen molar-refractivity contribution in [3.05, 3.63) is 29.3 Å². The van der Waals surface area contributed by atoms with E-state index in [1.807, 2.05) is 6.07 Å². The molecule has 16 heavy (non-hydrogen) atoms. The highest BCUT2D eigenvalue weighted by Gasteiger charge is 2.17. The summed E-state index contributed by atoms with van der Waals surface area (Å²) in [5, 5.41) is 12.0. The van der Waals surface area contributed by atoms with Crippen molar-refractivity contribution < 1.29 is 12.9 Å². The monoisotopic (exact) mass is 255 g/mol. The Balaban J connectivity index is 2.29. The minimum atomic E-state index is -3.68. The molecule has 6 nitrogen and oxygen atoms in total. The maximum Gasteiger partial charge on any atom is 0.272 e. The molecule has 0 atom stereocenters. The van der Waals surface area contributed by atoms with Gasteiger partial charge in [0.25, 0.3) is 10.0 Å². The van der Waals surface area contributed by atoms with Crippen LogP contribution in [0.15, 0.2) is 33.2 Å². The van der Waals surface area contributed by atoms with Gasteiger partial charge in [0.05, 0.1) is 0 Å². The molecule has 0 bridgehead atoms. The minimum Gasteiger partial charge on any atom is -0.363 e. The molecule has 0 aliphatic carbocycles. The summed E-state index contributed by atoms with van der Waals surface area (Å²) in [6, 6.07) is 6.07. The predicted molar refractivity (Wildman–Crippen MR) is 56.3 cm³/mol. The Hall–Kier alpha value is -1.85. The Morgan fingerprint density at radius 3 is 2.81 bits per heavy atom. The van der Waals surface area contributed by atoms with Gasteiger partial charge in [-0.2, -0.15) is 5.26 Å². The Labute approximate surface area is 95.2 Å². The molecule has 0 saturated heterocycles. The number of nitrogens with one attached hydrogen (secondary N) is 1. The van der Waals surface area contributed by atoms with E-state index in [2.05, 4.69) is 14.4 Å². The highest BCUT2D eigenvalue weighted by Crippen LogP contribution is 2.22. The van der Waals surface area contributed by atoms with E-state index in [9.17, 15) is 8.42 Å². The van der Waals surface area contributed by atoms with Crippen molar-refractivity contribution in [3.63, 3.8) is 0 Å². The standard InChI is InChI=1S/C8H5N3O3S2/c9-5-6-1-2-8(15-6)16(12,13)11-7-3-4-14-10-7/h1-4H,(H,10,11). The summed E-state index contributed by atoms with van der Waals surface area (Å²) >= 11 is 0.892. The number of aromatic nitrogens is 1. The Morgan fingerprint density at radius 1 is 1.44 bits per heavy atom. The van der Waals surface area contributed by atoms with Crippen LogP contribution in [0.25, 0.3) is 0 Å². The van der Waals surface area contributed by atoms with Crippen LogP contribution in [-0.4, -0.2) is 13.6 Å². The smallest absolute Gasteiger partial charge is 0.272 e. The first-order valence-electron chi connectivity index (χ1n) is 4.05. The molecular weight excluding hydrogens is 250 g/mol. The molecule has 82 valence electrons. The molecule has 0 unspecified atom stereocenters. The lowest BCUT2D eigenvalue weighted by atomic mass is 10.5. The third-order valence-electron chi connectivity index (χ3n) is 1.63. The molecule has 2 rings (SSSR count). The lowest BCUT2D eigenvalue weighted by Crippen LogP contribution is -2.11. The molecular formula is C8H5N3O3S2. The molecule has 0 saturated carbocycles. The van der Waals surface area contributed by atoms with Crippen molar-refractivity contribution in [1.29, 1.82) is 5.26 Å². The van der Waals surface area contributed by atoms with E-state index in [0.717, 1.165) is 11.3 Å². The molecule has 2 heterocycles. The van der Waals surface area contributed by atoms with Crippen LogP contribution in [0.5, 0.6) is 0 Å². The summed E-state index contributed by atoms with van der Waals surface area (Å²) in [6.07, 6.45) is 1.26. The largest absolute Gasteiger partial charge is 0.363 e. The molecule has 0 fully saturated rings. The van der Waals surface area contributed by atoms with E-state index in [1.54, 1.807) is 0 Å². The zero-order valence-corrected chi connectivity index (χ0v) is 9.38. The summed E-state index contributed by atoms with van der Waals surface area (Å²) in [5.41, 5.74) is 0. The van der Waals surface area contributed by atoms with E-state index in [0.29, 0.717) is 4.88 Å². The molecule has 2 aromatic rings. The lowest BCUT2D eigenvalue weighted by Gasteiger charge is -2.00. The van der Waals surface area contributed by atoms with Crippen molar-refractivity contribution in [3.8, 4) is 6.07 Å². The third kappa shape index (κ3) is 2.05. The third-order valence-corrected chi connectivity index (χ3v) is 4.47. The van der Waals surface area contributed by atoms with Crippen LogP contribution in [0.2, 0.25) is 0 Å². The quantitative estimate of drug-likeness (QED) is 0.894. The van der Waals surface area contributed by atoms with Gasteiger partial charge >= 0.3 is 0 Å². The summed E-state index contributed by atoms with van der Waals surface area (Å²) in [7, 11) is -3.68. The fourth-order valence-electron chi connectivity index (χ4n) is 0.978. The Kier molecular flexibility index (Phi) is 2.64. The van der Waals surface area contributed by atoms with Crippen LogP contribution < -0.4 is 4.72 Å². The van der Waals surface area contributed by atoms with E-state index in [-0.39, 0.29) is 10.0 Å². The molecule has 0 radical (unpaired) electrons. The predicted octanol–water partition coefficient (Wildman–Crippen LogP) is 1.41. The van der Waals surface area contributed by atoms with E-state index < -0.39 is 10.0 Å². The van der Waals surface area contributed by atoms with Gasteiger partial charge in [0.15, 0.2) is 5.82 Å². The van der Waals surface area contributed by atoms with Gasteiger partial charge in [-0.25, -0.2) is 8.42 Å². The number of rotatable bonds is 3. The fraction of sp³-hybridized carbons (Fsp3) is 0. The lowest BCUT2D eigenvalue weighted by molar-refractivity contribution is 0.423. The van der Waals surface area contributed by atoms with Crippen molar-refractivity contribution in [2.75, 3.05) is 4.72 Å². The van der Waals surface area contributed by atoms with E-state index in [4.69, 9.17) is 5.26 Å². The van der Waals surface area contributed by atoms with Crippen LogP contribution >= 0.6 is 11.3 Å². The highest BCUT2D eigenvalue weighted by molar-refractivity contribution is 7.94. The molecule has 2 aromatic heterocycles. The van der Waals surface area contributed by atoms with Crippen LogP contribution in [0, 0.1) is 11.3 Å². The van der Waals surface area contributed by atoms with E-state index in [1.165, 1.54) is 24.5 Å². The van der Waals surface area contributed by atoms with Crippen molar-refractivity contribution in [1.82, 2.24) is 5.16 Å². The van der Waals surface area contributed by atoms with Crippen molar-refractivity contribution >= 4 is 27.2 Å². The number of hydrogen-bond donors (Lipinski definition) is 1. The average molecular weight is 255 g/mol. The zero-order chi connectivity index (χ0) is 11.6. The number of sulfonamides is 1. The summed E-state index contributed by atoms with van der Waals surface area (Å²) in [6.45, 7) is 0. The maximum atomic E-state index is 11.7. The van der Waals surface area contributed by atoms with Crippen LogP contribution in [-0.2, 0) is 10.0 Å². The number of nitriles is 1. The summed E-state index contributed by atoms with van der Waals surface area (Å²) in [5.74, 6) is 0.104. The van der Waals surface area contributed by atoms with Gasteiger partial charge in [0.2, 0.25) is 0 Å². The van der Waals surface area contributed by atoms with Gasteiger partial charge in [0.1, 0.15) is 21.4 Å². The first-order chi connectivity index (χ1) is 7.62. The molecule has 0 aromatic carbocycles. The Bertz CT molecular complexity index is 622. The minimum absolute atomic E-state index is 0.0621. The summed E-state index contributed by atoms with van der Waals surface area (Å²) in [4.78, 5) is 0.334. The van der Waals surface area contributed by atoms with Gasteiger partial charge in [-0.05, 0) is 12.1 Å². The maximum absolute atomic E-state index is 11.7. The average Bonchev–Trinajstić information content (AvgIpc) is 2.85. The number of anilines is 1. The SMILES string of the molecule is N#Cc1ccc(S(=O)(=O)Nc2ccon2)s1. The molecule has 0 aliphatic rings. The molecule has 0 amide bonds. The summed E-state index contributed by atoms with van der Waals surface area (Å²) < 4.78 is 30.3. The van der Waals surface area contributed by atoms with Crippen LogP contribution in [0.1, 0.15) is 4.88 Å². The topological polar surface area (TPSA) is 96.0 Å². The van der Waals surface area contributed by atoms with Gasteiger partial charge in [-0.15, -0.1) is 11.3 Å².